The molecule has 0 bridgehead atoms. The summed E-state index contributed by atoms with van der Waals surface area (Å²) in [6.07, 6.45) is 1.62. The summed E-state index contributed by atoms with van der Waals surface area (Å²) in [5.74, 6) is -0.0441. The molecule has 1 heterocycles. The molecule has 2 aromatic rings. The minimum atomic E-state index is -0.0441. The molecule has 0 unspecified atom stereocenters. The molecule has 0 saturated heterocycles. The number of hydrogen-bond acceptors (Lipinski definition) is 4. The van der Waals surface area contributed by atoms with E-state index in [1.807, 2.05) is 0 Å². The maximum atomic E-state index is 7.39. The lowest BCUT2D eigenvalue weighted by molar-refractivity contribution is 0.590. The van der Waals surface area contributed by atoms with Crippen LogP contribution < -0.4 is 5.73 Å². The summed E-state index contributed by atoms with van der Waals surface area (Å²) in [7, 11) is 0. The van der Waals surface area contributed by atoms with Gasteiger partial charge >= 0.3 is 0 Å². The number of aromatic nitrogens is 2. The first-order chi connectivity index (χ1) is 9.36. The Morgan fingerprint density at radius 1 is 1.15 bits per heavy atom. The Labute approximate surface area is 123 Å². The predicted molar refractivity (Wildman–Crippen MR) is 82.3 cm³/mol. The standard InChI is InChI=1S/C15H18N4S/c1-15(2,3)10-4-6-11(7-5-10)20-14-18-9-8-12(19-14)13(16)17/h4-9H,1-3H3,(H3,16,17). The van der Waals surface area contributed by atoms with E-state index in [9.17, 15) is 0 Å². The largest absolute Gasteiger partial charge is 0.382 e. The van der Waals surface area contributed by atoms with Crippen LogP contribution in [0, 0.1) is 5.41 Å². The molecule has 1 aromatic heterocycles. The Hall–Kier alpha value is -1.88. The van der Waals surface area contributed by atoms with Crippen molar-refractivity contribution in [1.82, 2.24) is 9.97 Å². The van der Waals surface area contributed by atoms with E-state index in [-0.39, 0.29) is 11.3 Å². The lowest BCUT2D eigenvalue weighted by atomic mass is 9.87. The molecule has 0 aliphatic rings. The van der Waals surface area contributed by atoms with Crippen molar-refractivity contribution in [3.63, 3.8) is 0 Å². The quantitative estimate of drug-likeness (QED) is 0.516. The third-order valence-corrected chi connectivity index (χ3v) is 3.73. The monoisotopic (exact) mass is 286 g/mol. The highest BCUT2D eigenvalue weighted by Gasteiger charge is 2.13. The average molecular weight is 286 g/mol. The highest BCUT2D eigenvalue weighted by atomic mass is 32.2. The highest BCUT2D eigenvalue weighted by Crippen LogP contribution is 2.28. The minimum Gasteiger partial charge on any atom is -0.382 e. The van der Waals surface area contributed by atoms with Gasteiger partial charge in [-0.25, -0.2) is 9.97 Å². The SMILES string of the molecule is CC(C)(C)c1ccc(Sc2nccc(C(=N)N)n2)cc1. The van der Waals surface area contributed by atoms with Crippen LogP contribution >= 0.6 is 11.8 Å². The van der Waals surface area contributed by atoms with Crippen molar-refractivity contribution in [2.75, 3.05) is 0 Å². The summed E-state index contributed by atoms with van der Waals surface area (Å²) < 4.78 is 0. The lowest BCUT2D eigenvalue weighted by Crippen LogP contribution is -2.13. The number of rotatable bonds is 3. The molecule has 0 amide bonds. The van der Waals surface area contributed by atoms with Crippen molar-refractivity contribution in [3.05, 3.63) is 47.8 Å². The predicted octanol–water partition coefficient (Wildman–Crippen LogP) is 3.21. The van der Waals surface area contributed by atoms with Gasteiger partial charge < -0.3 is 5.73 Å². The van der Waals surface area contributed by atoms with Gasteiger partial charge in [0.2, 0.25) is 0 Å². The summed E-state index contributed by atoms with van der Waals surface area (Å²) >= 11 is 1.46. The second-order valence-electron chi connectivity index (χ2n) is 5.51. The zero-order valence-electron chi connectivity index (χ0n) is 11.8. The summed E-state index contributed by atoms with van der Waals surface area (Å²) in [6, 6.07) is 10.0. The number of nitrogens with one attached hydrogen (secondary N) is 1. The van der Waals surface area contributed by atoms with Crippen LogP contribution in [0.5, 0.6) is 0 Å². The zero-order valence-corrected chi connectivity index (χ0v) is 12.7. The average Bonchev–Trinajstić information content (AvgIpc) is 2.38. The van der Waals surface area contributed by atoms with Gasteiger partial charge in [-0.2, -0.15) is 0 Å². The lowest BCUT2D eigenvalue weighted by Gasteiger charge is -2.18. The minimum absolute atomic E-state index is 0.0441. The van der Waals surface area contributed by atoms with Crippen molar-refractivity contribution in [2.45, 2.75) is 36.2 Å². The molecule has 4 nitrogen and oxygen atoms in total. The second kappa shape index (κ2) is 5.63. The molecular weight excluding hydrogens is 268 g/mol. The summed E-state index contributed by atoms with van der Waals surface area (Å²) in [5.41, 5.74) is 7.32. The molecule has 0 aliphatic carbocycles. The van der Waals surface area contributed by atoms with Gasteiger partial charge in [0, 0.05) is 11.1 Å². The summed E-state index contributed by atoms with van der Waals surface area (Å²) in [5, 5.41) is 7.99. The molecule has 0 aliphatic heterocycles. The fraction of sp³-hybridized carbons (Fsp3) is 0.267. The first-order valence-corrected chi connectivity index (χ1v) is 7.14. The molecular formula is C15H18N4S. The number of nitrogens with zero attached hydrogens (tertiary/aromatic N) is 2. The Bertz CT molecular complexity index is 615. The maximum Gasteiger partial charge on any atom is 0.193 e. The van der Waals surface area contributed by atoms with Crippen molar-refractivity contribution in [3.8, 4) is 0 Å². The highest BCUT2D eigenvalue weighted by molar-refractivity contribution is 7.99. The van der Waals surface area contributed by atoms with Crippen molar-refractivity contribution in [2.24, 2.45) is 5.73 Å². The van der Waals surface area contributed by atoms with Crippen LogP contribution in [0.3, 0.4) is 0 Å². The van der Waals surface area contributed by atoms with E-state index in [0.717, 1.165) is 4.90 Å². The van der Waals surface area contributed by atoms with Gasteiger partial charge in [0.15, 0.2) is 5.16 Å². The number of benzene rings is 1. The second-order valence-corrected chi connectivity index (χ2v) is 6.56. The van der Waals surface area contributed by atoms with Crippen LogP contribution in [-0.2, 0) is 5.41 Å². The van der Waals surface area contributed by atoms with Crippen LogP contribution in [0.4, 0.5) is 0 Å². The van der Waals surface area contributed by atoms with Crippen LogP contribution in [-0.4, -0.2) is 15.8 Å². The fourth-order valence-electron chi connectivity index (χ4n) is 1.67. The van der Waals surface area contributed by atoms with E-state index >= 15 is 0 Å². The third kappa shape index (κ3) is 3.57. The molecule has 5 heteroatoms. The Kier molecular flexibility index (Phi) is 4.09. The Morgan fingerprint density at radius 2 is 1.80 bits per heavy atom. The third-order valence-electron chi connectivity index (χ3n) is 2.84. The van der Waals surface area contributed by atoms with Crippen molar-refractivity contribution in [1.29, 1.82) is 5.41 Å². The van der Waals surface area contributed by atoms with Gasteiger partial charge in [-0.15, -0.1) is 0 Å². The zero-order chi connectivity index (χ0) is 14.8. The van der Waals surface area contributed by atoms with Crippen molar-refractivity contribution < 1.29 is 0 Å². The molecule has 0 saturated carbocycles. The summed E-state index contributed by atoms with van der Waals surface area (Å²) in [6.45, 7) is 6.57. The topological polar surface area (TPSA) is 75.7 Å². The van der Waals surface area contributed by atoms with Crippen LogP contribution in [0.25, 0.3) is 0 Å². The molecule has 3 N–H and O–H groups in total. The molecule has 104 valence electrons. The molecule has 0 atom stereocenters. The number of hydrogen-bond donors (Lipinski definition) is 2. The molecule has 0 spiro atoms. The smallest absolute Gasteiger partial charge is 0.193 e. The number of nitrogen functional groups attached to an aromatic ring is 1. The Balaban J connectivity index is 2.18. The van der Waals surface area contributed by atoms with Crippen LogP contribution in [0.15, 0.2) is 46.6 Å². The number of amidine groups is 1. The number of nitrogens with two attached hydrogens (primary N) is 1. The van der Waals surface area contributed by atoms with E-state index in [4.69, 9.17) is 11.1 Å². The van der Waals surface area contributed by atoms with E-state index in [1.54, 1.807) is 12.3 Å². The summed E-state index contributed by atoms with van der Waals surface area (Å²) in [4.78, 5) is 9.50. The molecule has 1 aromatic carbocycles. The van der Waals surface area contributed by atoms with Gasteiger partial charge in [0.05, 0.1) is 0 Å². The van der Waals surface area contributed by atoms with Gasteiger partial charge in [-0.3, -0.25) is 5.41 Å². The first-order valence-electron chi connectivity index (χ1n) is 6.32. The normalized spacial score (nSPS) is 11.3. The van der Waals surface area contributed by atoms with E-state index in [1.165, 1.54) is 17.3 Å². The van der Waals surface area contributed by atoms with E-state index < -0.39 is 0 Å². The fourth-order valence-corrected chi connectivity index (χ4v) is 2.41. The maximum absolute atomic E-state index is 7.39. The van der Waals surface area contributed by atoms with Gasteiger partial charge in [0.1, 0.15) is 11.5 Å². The molecule has 0 fully saturated rings. The van der Waals surface area contributed by atoms with Gasteiger partial charge in [-0.05, 0) is 40.9 Å². The molecule has 2 rings (SSSR count). The Morgan fingerprint density at radius 3 is 2.35 bits per heavy atom. The molecule has 20 heavy (non-hydrogen) atoms. The van der Waals surface area contributed by atoms with E-state index in [2.05, 4.69) is 55.0 Å². The van der Waals surface area contributed by atoms with E-state index in [0.29, 0.717) is 10.9 Å². The van der Waals surface area contributed by atoms with Gasteiger partial charge in [-0.1, -0.05) is 32.9 Å². The van der Waals surface area contributed by atoms with Crippen LogP contribution in [0.2, 0.25) is 0 Å². The van der Waals surface area contributed by atoms with Gasteiger partial charge in [0.25, 0.3) is 0 Å². The molecule has 0 radical (unpaired) electrons. The van der Waals surface area contributed by atoms with Crippen LogP contribution in [0.1, 0.15) is 32.0 Å². The first kappa shape index (κ1) is 14.5. The van der Waals surface area contributed by atoms with Crippen molar-refractivity contribution >= 4 is 17.6 Å².